The molecule has 4 aliphatic rings. The van der Waals surface area contributed by atoms with Gasteiger partial charge in [-0.25, -0.2) is 0 Å². The molecular formula is C22H29N3O3. The fraction of sp³-hybridized carbons (Fsp3) is 0.636. The van der Waals surface area contributed by atoms with E-state index in [0.717, 1.165) is 70.5 Å². The van der Waals surface area contributed by atoms with Crippen LogP contribution in [0.5, 0.6) is 0 Å². The number of rotatable bonds is 2. The third-order valence-corrected chi connectivity index (χ3v) is 7.55. The fourth-order valence-electron chi connectivity index (χ4n) is 5.86. The number of benzene rings is 1. The number of nitrogens with zero attached hydrogens (tertiary/aromatic N) is 2. The maximum absolute atomic E-state index is 13.1. The molecule has 1 N–H and O–H groups in total. The quantitative estimate of drug-likeness (QED) is 0.788. The Kier molecular flexibility index (Phi) is 4.25. The number of hydrogen-bond donors (Lipinski definition) is 1. The Bertz CT molecular complexity index is 794. The van der Waals surface area contributed by atoms with Crippen molar-refractivity contribution in [3.8, 4) is 0 Å². The molecule has 3 saturated heterocycles. The van der Waals surface area contributed by atoms with Crippen LogP contribution in [0, 0.1) is 5.41 Å². The van der Waals surface area contributed by atoms with Crippen molar-refractivity contribution in [2.45, 2.75) is 43.6 Å². The van der Waals surface area contributed by atoms with Crippen LogP contribution in [0.2, 0.25) is 0 Å². The van der Waals surface area contributed by atoms with Gasteiger partial charge in [-0.3, -0.25) is 14.5 Å². The largest absolute Gasteiger partial charge is 0.461 e. The summed E-state index contributed by atoms with van der Waals surface area (Å²) in [6.45, 7) is 4.35. The SMILES string of the molecule is CN1C(=O)C2(CCN(CC3CC4(CCNCC4)C(=O)O3)CC2)c2ccccc21. The minimum absolute atomic E-state index is 0.00566. The molecule has 28 heavy (non-hydrogen) atoms. The first-order valence-corrected chi connectivity index (χ1v) is 10.6. The molecule has 0 bridgehead atoms. The zero-order chi connectivity index (χ0) is 19.4. The molecule has 1 amide bonds. The number of cyclic esters (lactones) is 1. The van der Waals surface area contributed by atoms with E-state index in [4.69, 9.17) is 4.74 Å². The number of piperidine rings is 2. The average Bonchev–Trinajstić information content (AvgIpc) is 3.12. The van der Waals surface area contributed by atoms with Crippen LogP contribution in [-0.4, -0.2) is 62.7 Å². The van der Waals surface area contributed by atoms with E-state index in [1.165, 1.54) is 5.56 Å². The summed E-state index contributed by atoms with van der Waals surface area (Å²) in [5, 5.41) is 3.34. The molecular weight excluding hydrogens is 354 g/mol. The van der Waals surface area contributed by atoms with Gasteiger partial charge in [0.25, 0.3) is 0 Å². The predicted octanol–water partition coefficient (Wildman–Crippen LogP) is 1.68. The summed E-state index contributed by atoms with van der Waals surface area (Å²) in [5.74, 6) is 0.239. The van der Waals surface area contributed by atoms with Gasteiger partial charge >= 0.3 is 5.97 Å². The Morgan fingerprint density at radius 3 is 2.57 bits per heavy atom. The highest BCUT2D eigenvalue weighted by Crippen LogP contribution is 2.47. The lowest BCUT2D eigenvalue weighted by molar-refractivity contribution is -0.150. The topological polar surface area (TPSA) is 61.9 Å². The van der Waals surface area contributed by atoms with Crippen molar-refractivity contribution in [1.29, 1.82) is 0 Å². The highest BCUT2D eigenvalue weighted by Gasteiger charge is 2.52. The van der Waals surface area contributed by atoms with Crippen LogP contribution in [0.3, 0.4) is 0 Å². The van der Waals surface area contributed by atoms with Crippen LogP contribution in [0.15, 0.2) is 24.3 Å². The molecule has 6 nitrogen and oxygen atoms in total. The molecule has 0 aliphatic carbocycles. The first-order chi connectivity index (χ1) is 13.5. The van der Waals surface area contributed by atoms with Crippen LogP contribution in [0.1, 0.15) is 37.7 Å². The first-order valence-electron chi connectivity index (χ1n) is 10.6. The Labute approximate surface area is 166 Å². The second-order valence-electron chi connectivity index (χ2n) is 9.03. The second kappa shape index (κ2) is 6.56. The molecule has 150 valence electrons. The number of para-hydroxylation sites is 1. The van der Waals surface area contributed by atoms with Crippen LogP contribution in [-0.2, 0) is 19.7 Å². The van der Waals surface area contributed by atoms with Crippen molar-refractivity contribution in [3.05, 3.63) is 29.8 Å². The number of likely N-dealkylation sites (tertiary alicyclic amines) is 1. The lowest BCUT2D eigenvalue weighted by Gasteiger charge is -2.39. The molecule has 5 rings (SSSR count). The molecule has 0 saturated carbocycles. The molecule has 0 radical (unpaired) electrons. The number of carbonyl (C=O) groups is 2. The third kappa shape index (κ3) is 2.61. The number of carbonyl (C=O) groups excluding carboxylic acids is 2. The van der Waals surface area contributed by atoms with E-state index in [-0.39, 0.29) is 28.8 Å². The molecule has 1 aromatic carbocycles. The number of esters is 1. The van der Waals surface area contributed by atoms with Crippen LogP contribution in [0.25, 0.3) is 0 Å². The van der Waals surface area contributed by atoms with Crippen molar-refractivity contribution in [3.63, 3.8) is 0 Å². The standard InChI is InChI=1S/C22H29N3O3/c1-24-18-5-3-2-4-17(18)22(19(24)26)8-12-25(13-9-22)15-16-14-21(20(27)28-16)6-10-23-11-7-21/h2-5,16,23H,6-15H2,1H3. The Morgan fingerprint density at radius 1 is 1.11 bits per heavy atom. The minimum atomic E-state index is -0.371. The normalized spacial score (nSPS) is 28.8. The monoisotopic (exact) mass is 383 g/mol. The number of fused-ring (bicyclic) bond motifs is 2. The summed E-state index contributed by atoms with van der Waals surface area (Å²) in [4.78, 5) is 29.8. The van der Waals surface area contributed by atoms with Gasteiger partial charge in [0.1, 0.15) is 6.10 Å². The number of hydrogen-bond acceptors (Lipinski definition) is 5. The fourth-order valence-corrected chi connectivity index (χ4v) is 5.86. The van der Waals surface area contributed by atoms with E-state index in [2.05, 4.69) is 16.3 Å². The van der Waals surface area contributed by atoms with Gasteiger partial charge < -0.3 is 15.0 Å². The summed E-state index contributed by atoms with van der Waals surface area (Å²) in [7, 11) is 1.89. The minimum Gasteiger partial charge on any atom is -0.461 e. The number of likely N-dealkylation sites (N-methyl/N-ethyl adjacent to an activating group) is 1. The molecule has 4 aliphatic heterocycles. The van der Waals surface area contributed by atoms with Gasteiger partial charge in [-0.15, -0.1) is 0 Å². The van der Waals surface area contributed by atoms with Gasteiger partial charge in [0.2, 0.25) is 5.91 Å². The highest BCUT2D eigenvalue weighted by atomic mass is 16.6. The van der Waals surface area contributed by atoms with Gasteiger partial charge in [0.15, 0.2) is 0 Å². The molecule has 1 atom stereocenters. The number of amides is 1. The van der Waals surface area contributed by atoms with E-state index in [1.54, 1.807) is 0 Å². The Morgan fingerprint density at radius 2 is 1.82 bits per heavy atom. The molecule has 1 unspecified atom stereocenters. The van der Waals surface area contributed by atoms with E-state index in [9.17, 15) is 9.59 Å². The summed E-state index contributed by atoms with van der Waals surface area (Å²) >= 11 is 0. The zero-order valence-electron chi connectivity index (χ0n) is 16.6. The van der Waals surface area contributed by atoms with Gasteiger partial charge in [0, 0.05) is 25.7 Å². The summed E-state index contributed by atoms with van der Waals surface area (Å²) < 4.78 is 5.79. The van der Waals surface area contributed by atoms with Gasteiger partial charge in [-0.2, -0.15) is 0 Å². The molecule has 0 aromatic heterocycles. The summed E-state index contributed by atoms with van der Waals surface area (Å²) in [5.41, 5.74) is 1.61. The summed E-state index contributed by atoms with van der Waals surface area (Å²) in [6.07, 6.45) is 4.30. The van der Waals surface area contributed by atoms with Crippen molar-refractivity contribution < 1.29 is 14.3 Å². The van der Waals surface area contributed by atoms with Crippen LogP contribution in [0.4, 0.5) is 5.69 Å². The molecule has 1 aromatic rings. The Balaban J connectivity index is 1.25. The van der Waals surface area contributed by atoms with Gasteiger partial charge in [-0.05, 0) is 63.5 Å². The third-order valence-electron chi connectivity index (χ3n) is 7.55. The molecule has 6 heteroatoms. The molecule has 4 heterocycles. The highest BCUT2D eigenvalue weighted by molar-refractivity contribution is 6.07. The summed E-state index contributed by atoms with van der Waals surface area (Å²) in [6, 6.07) is 8.20. The number of ether oxygens (including phenoxy) is 1. The van der Waals surface area contributed by atoms with Crippen LogP contribution < -0.4 is 10.2 Å². The van der Waals surface area contributed by atoms with Crippen molar-refractivity contribution in [2.24, 2.45) is 5.41 Å². The van der Waals surface area contributed by atoms with E-state index >= 15 is 0 Å². The zero-order valence-corrected chi connectivity index (χ0v) is 16.6. The van der Waals surface area contributed by atoms with Gasteiger partial charge in [0.05, 0.1) is 10.8 Å². The number of nitrogens with one attached hydrogen (secondary N) is 1. The smallest absolute Gasteiger partial charge is 0.312 e. The lowest BCUT2D eigenvalue weighted by Crippen LogP contribution is -2.49. The maximum Gasteiger partial charge on any atom is 0.312 e. The van der Waals surface area contributed by atoms with Crippen LogP contribution >= 0.6 is 0 Å². The van der Waals surface area contributed by atoms with Crippen molar-refractivity contribution in [1.82, 2.24) is 10.2 Å². The predicted molar refractivity (Wildman–Crippen MR) is 106 cm³/mol. The lowest BCUT2D eigenvalue weighted by atomic mass is 9.73. The van der Waals surface area contributed by atoms with Crippen molar-refractivity contribution >= 4 is 17.6 Å². The van der Waals surface area contributed by atoms with Crippen molar-refractivity contribution in [2.75, 3.05) is 44.7 Å². The maximum atomic E-state index is 13.1. The van der Waals surface area contributed by atoms with E-state index in [0.29, 0.717) is 0 Å². The molecule has 2 spiro atoms. The Hall–Kier alpha value is -1.92. The van der Waals surface area contributed by atoms with E-state index in [1.807, 2.05) is 30.1 Å². The average molecular weight is 383 g/mol. The first kappa shape index (κ1) is 18.1. The van der Waals surface area contributed by atoms with Gasteiger partial charge in [-0.1, -0.05) is 18.2 Å². The second-order valence-corrected chi connectivity index (χ2v) is 9.03. The molecule has 3 fully saturated rings. The van der Waals surface area contributed by atoms with E-state index < -0.39 is 0 Å². The number of anilines is 1.